The fourth-order valence-corrected chi connectivity index (χ4v) is 2.83. The fraction of sp³-hybridized carbons (Fsp3) is 0.133. The average Bonchev–Trinajstić information content (AvgIpc) is 2.47. The van der Waals surface area contributed by atoms with Crippen LogP contribution in [0.3, 0.4) is 0 Å². The summed E-state index contributed by atoms with van der Waals surface area (Å²) in [5, 5.41) is 8.77. The first kappa shape index (κ1) is 15.0. The van der Waals surface area contributed by atoms with E-state index in [0.29, 0.717) is 0 Å². The Balaban J connectivity index is 2.03. The van der Waals surface area contributed by atoms with Crippen molar-refractivity contribution in [3.8, 4) is 11.8 Å². The van der Waals surface area contributed by atoms with Crippen LogP contribution < -0.4 is 4.74 Å². The second-order valence-corrected chi connectivity index (χ2v) is 6.37. The van der Waals surface area contributed by atoms with Gasteiger partial charge in [0.15, 0.2) is 9.84 Å². The maximum atomic E-state index is 12.9. The Bertz CT molecular complexity index is 782. The molecule has 2 aromatic rings. The van der Waals surface area contributed by atoms with Crippen molar-refractivity contribution in [2.75, 3.05) is 12.4 Å². The molecule has 0 fully saturated rings. The van der Waals surface area contributed by atoms with Gasteiger partial charge in [0.05, 0.1) is 22.3 Å². The number of sulfone groups is 1. The SMILES string of the molecule is N#Cc1cccc(S(=O)(=O)CCOc2cccc(F)c2)c1. The largest absolute Gasteiger partial charge is 0.492 e. The summed E-state index contributed by atoms with van der Waals surface area (Å²) in [6, 6.07) is 13.2. The summed E-state index contributed by atoms with van der Waals surface area (Å²) in [5.41, 5.74) is 0.280. The Morgan fingerprint density at radius 1 is 1.14 bits per heavy atom. The smallest absolute Gasteiger partial charge is 0.181 e. The van der Waals surface area contributed by atoms with Crippen molar-refractivity contribution in [2.24, 2.45) is 0 Å². The first-order valence-electron chi connectivity index (χ1n) is 6.12. The molecule has 0 aliphatic carbocycles. The zero-order valence-electron chi connectivity index (χ0n) is 11.0. The summed E-state index contributed by atoms with van der Waals surface area (Å²) in [6.07, 6.45) is 0. The molecule has 108 valence electrons. The van der Waals surface area contributed by atoms with Gasteiger partial charge in [-0.05, 0) is 30.3 Å². The Hall–Kier alpha value is -2.39. The molecule has 0 spiro atoms. The van der Waals surface area contributed by atoms with Gasteiger partial charge >= 0.3 is 0 Å². The molecule has 0 aromatic heterocycles. The predicted molar refractivity (Wildman–Crippen MR) is 75.1 cm³/mol. The summed E-state index contributed by atoms with van der Waals surface area (Å²) >= 11 is 0. The first-order chi connectivity index (χ1) is 10.0. The van der Waals surface area contributed by atoms with Gasteiger partial charge in [-0.2, -0.15) is 5.26 Å². The van der Waals surface area contributed by atoms with Crippen LogP contribution in [0.25, 0.3) is 0 Å². The fourth-order valence-electron chi connectivity index (χ4n) is 1.70. The molecule has 21 heavy (non-hydrogen) atoms. The Morgan fingerprint density at radius 3 is 2.62 bits per heavy atom. The maximum Gasteiger partial charge on any atom is 0.181 e. The van der Waals surface area contributed by atoms with Crippen LogP contribution in [0, 0.1) is 17.1 Å². The van der Waals surface area contributed by atoms with E-state index in [4.69, 9.17) is 10.00 Å². The molecule has 0 unspecified atom stereocenters. The van der Waals surface area contributed by atoms with E-state index < -0.39 is 15.7 Å². The average molecular weight is 305 g/mol. The van der Waals surface area contributed by atoms with Gasteiger partial charge in [-0.25, -0.2) is 12.8 Å². The minimum atomic E-state index is -3.54. The lowest BCUT2D eigenvalue weighted by Gasteiger charge is -2.07. The number of nitrogens with zero attached hydrogens (tertiary/aromatic N) is 1. The lowest BCUT2D eigenvalue weighted by molar-refractivity contribution is 0.339. The van der Waals surface area contributed by atoms with Crippen LogP contribution in [-0.4, -0.2) is 20.8 Å². The monoisotopic (exact) mass is 305 g/mol. The molecule has 0 aliphatic rings. The molecular formula is C15H12FNO3S. The van der Waals surface area contributed by atoms with E-state index in [1.807, 2.05) is 6.07 Å². The molecule has 2 rings (SSSR count). The van der Waals surface area contributed by atoms with E-state index >= 15 is 0 Å². The number of benzene rings is 2. The highest BCUT2D eigenvalue weighted by Crippen LogP contribution is 2.15. The predicted octanol–water partition coefficient (Wildman–Crippen LogP) is 2.55. The van der Waals surface area contributed by atoms with Crippen molar-refractivity contribution in [2.45, 2.75) is 4.90 Å². The van der Waals surface area contributed by atoms with Crippen LogP contribution in [0.5, 0.6) is 5.75 Å². The first-order valence-corrected chi connectivity index (χ1v) is 7.78. The van der Waals surface area contributed by atoms with Crippen molar-refractivity contribution in [3.05, 3.63) is 59.9 Å². The molecule has 0 amide bonds. The molecule has 0 N–H and O–H groups in total. The minimum absolute atomic E-state index is 0.0735. The van der Waals surface area contributed by atoms with E-state index in [1.54, 1.807) is 6.07 Å². The van der Waals surface area contributed by atoms with Crippen LogP contribution in [0.4, 0.5) is 4.39 Å². The van der Waals surface area contributed by atoms with E-state index in [1.165, 1.54) is 42.5 Å². The highest BCUT2D eigenvalue weighted by atomic mass is 32.2. The number of halogens is 1. The molecule has 4 nitrogen and oxygen atoms in total. The van der Waals surface area contributed by atoms with Crippen LogP contribution in [0.15, 0.2) is 53.4 Å². The van der Waals surface area contributed by atoms with Crippen LogP contribution in [0.1, 0.15) is 5.56 Å². The van der Waals surface area contributed by atoms with Crippen molar-refractivity contribution in [1.29, 1.82) is 5.26 Å². The van der Waals surface area contributed by atoms with Gasteiger partial charge < -0.3 is 4.74 Å². The van der Waals surface area contributed by atoms with E-state index in [9.17, 15) is 12.8 Å². The topological polar surface area (TPSA) is 67.2 Å². The zero-order valence-corrected chi connectivity index (χ0v) is 11.8. The molecule has 0 bridgehead atoms. The van der Waals surface area contributed by atoms with E-state index in [2.05, 4.69) is 0 Å². The maximum absolute atomic E-state index is 12.9. The molecule has 0 saturated carbocycles. The summed E-state index contributed by atoms with van der Waals surface area (Å²) < 4.78 is 42.4. The van der Waals surface area contributed by atoms with E-state index in [-0.39, 0.29) is 28.6 Å². The lowest BCUT2D eigenvalue weighted by Crippen LogP contribution is -2.14. The highest BCUT2D eigenvalue weighted by Gasteiger charge is 2.15. The summed E-state index contributed by atoms with van der Waals surface area (Å²) in [7, 11) is -3.54. The zero-order chi connectivity index (χ0) is 15.3. The van der Waals surface area contributed by atoms with Crippen molar-refractivity contribution >= 4 is 9.84 Å². The molecule has 6 heteroatoms. The third kappa shape index (κ3) is 4.04. The molecule has 0 heterocycles. The van der Waals surface area contributed by atoms with Gasteiger partial charge in [-0.1, -0.05) is 12.1 Å². The summed E-state index contributed by atoms with van der Waals surface area (Å²) in [6.45, 7) is -0.0947. The lowest BCUT2D eigenvalue weighted by atomic mass is 10.2. The molecular weight excluding hydrogens is 293 g/mol. The summed E-state index contributed by atoms with van der Waals surface area (Å²) in [5.74, 6) is -0.425. The number of nitriles is 1. The summed E-state index contributed by atoms with van der Waals surface area (Å²) in [4.78, 5) is 0.0735. The van der Waals surface area contributed by atoms with Gasteiger partial charge in [0.25, 0.3) is 0 Å². The third-order valence-corrected chi connectivity index (χ3v) is 4.42. The second-order valence-electron chi connectivity index (χ2n) is 4.26. The molecule has 0 aliphatic heterocycles. The Labute approximate surface area is 122 Å². The Kier molecular flexibility index (Phi) is 4.55. The van der Waals surface area contributed by atoms with Gasteiger partial charge in [-0.15, -0.1) is 0 Å². The number of ether oxygens (including phenoxy) is 1. The minimum Gasteiger partial charge on any atom is -0.492 e. The number of hydrogen-bond acceptors (Lipinski definition) is 4. The van der Waals surface area contributed by atoms with Gasteiger partial charge in [0.2, 0.25) is 0 Å². The molecule has 0 saturated heterocycles. The molecule has 2 aromatic carbocycles. The van der Waals surface area contributed by atoms with E-state index in [0.717, 1.165) is 0 Å². The van der Waals surface area contributed by atoms with Gasteiger partial charge in [0, 0.05) is 6.07 Å². The quantitative estimate of drug-likeness (QED) is 0.851. The standard InChI is InChI=1S/C15H12FNO3S/c16-13-4-2-5-14(10-13)20-7-8-21(18,19)15-6-1-3-12(9-15)11-17/h1-6,9-10H,7-8H2. The second kappa shape index (κ2) is 6.37. The van der Waals surface area contributed by atoms with Crippen LogP contribution in [0.2, 0.25) is 0 Å². The van der Waals surface area contributed by atoms with Crippen LogP contribution in [-0.2, 0) is 9.84 Å². The van der Waals surface area contributed by atoms with Crippen LogP contribution >= 0.6 is 0 Å². The van der Waals surface area contributed by atoms with Gasteiger partial charge in [0.1, 0.15) is 18.2 Å². The van der Waals surface area contributed by atoms with Crippen molar-refractivity contribution < 1.29 is 17.5 Å². The third-order valence-electron chi connectivity index (χ3n) is 2.74. The normalized spacial score (nSPS) is 10.9. The van der Waals surface area contributed by atoms with Crippen molar-refractivity contribution in [1.82, 2.24) is 0 Å². The number of rotatable bonds is 5. The highest BCUT2D eigenvalue weighted by molar-refractivity contribution is 7.91. The van der Waals surface area contributed by atoms with Crippen molar-refractivity contribution in [3.63, 3.8) is 0 Å². The molecule has 0 radical (unpaired) electrons. The Morgan fingerprint density at radius 2 is 1.90 bits per heavy atom. The van der Waals surface area contributed by atoms with Gasteiger partial charge in [-0.3, -0.25) is 0 Å². The molecule has 0 atom stereocenters. The number of hydrogen-bond donors (Lipinski definition) is 0.